The summed E-state index contributed by atoms with van der Waals surface area (Å²) in [6.07, 6.45) is 3.16. The summed E-state index contributed by atoms with van der Waals surface area (Å²) in [5.41, 5.74) is 6.50. The Morgan fingerprint density at radius 3 is 2.69 bits per heavy atom. The minimum Gasteiger partial charge on any atom is -0.365 e. The third kappa shape index (κ3) is 2.31. The highest BCUT2D eigenvalue weighted by atomic mass is 32.1. The van der Waals surface area contributed by atoms with Gasteiger partial charge < -0.3 is 5.73 Å². The number of carbonyl (C=O) groups excluding carboxylic acids is 1. The average Bonchev–Trinajstić information content (AvgIpc) is 2.48. The molecule has 1 heterocycles. The first-order valence-corrected chi connectivity index (χ1v) is 5.42. The second kappa shape index (κ2) is 4.42. The zero-order chi connectivity index (χ0) is 9.84. The first kappa shape index (κ1) is 10.3. The molecule has 0 radical (unpaired) electrons. The van der Waals surface area contributed by atoms with Crippen molar-refractivity contribution in [2.45, 2.75) is 33.1 Å². The quantitative estimate of drug-likeness (QED) is 0.791. The van der Waals surface area contributed by atoms with Gasteiger partial charge in [-0.15, -0.1) is 11.3 Å². The van der Waals surface area contributed by atoms with Crippen molar-refractivity contribution in [3.05, 3.63) is 21.4 Å². The lowest BCUT2D eigenvalue weighted by Crippen LogP contribution is -2.08. The minimum absolute atomic E-state index is 0.304. The summed E-state index contributed by atoms with van der Waals surface area (Å²) in [6.45, 7) is 4.25. The van der Waals surface area contributed by atoms with Crippen molar-refractivity contribution in [2.24, 2.45) is 5.73 Å². The molecule has 0 aliphatic carbocycles. The Kier molecular flexibility index (Phi) is 3.48. The van der Waals surface area contributed by atoms with Crippen LogP contribution >= 0.6 is 11.3 Å². The number of primary amides is 1. The van der Waals surface area contributed by atoms with E-state index in [0.717, 1.165) is 19.3 Å². The van der Waals surface area contributed by atoms with Gasteiger partial charge in [-0.05, 0) is 24.5 Å². The van der Waals surface area contributed by atoms with Crippen LogP contribution in [0.15, 0.2) is 6.07 Å². The van der Waals surface area contributed by atoms with Gasteiger partial charge in [-0.25, -0.2) is 0 Å². The van der Waals surface area contributed by atoms with Crippen LogP contribution in [0.3, 0.4) is 0 Å². The molecule has 2 nitrogen and oxygen atoms in total. The fraction of sp³-hybridized carbons (Fsp3) is 0.500. The number of aryl methyl sites for hydroxylation is 2. The van der Waals surface area contributed by atoms with Crippen molar-refractivity contribution in [1.82, 2.24) is 0 Å². The first-order chi connectivity index (χ1) is 6.19. The molecule has 0 aromatic carbocycles. The maximum Gasteiger partial charge on any atom is 0.258 e. The normalized spacial score (nSPS) is 10.3. The van der Waals surface area contributed by atoms with Gasteiger partial charge in [0.15, 0.2) is 0 Å². The molecule has 1 aromatic rings. The molecule has 0 aliphatic heterocycles. The molecule has 0 saturated heterocycles. The molecule has 1 amide bonds. The maximum absolute atomic E-state index is 10.9. The van der Waals surface area contributed by atoms with Crippen LogP contribution in [0.1, 0.15) is 40.4 Å². The van der Waals surface area contributed by atoms with E-state index in [1.165, 1.54) is 10.4 Å². The van der Waals surface area contributed by atoms with Gasteiger partial charge in [0.2, 0.25) is 0 Å². The van der Waals surface area contributed by atoms with Gasteiger partial charge >= 0.3 is 0 Å². The lowest BCUT2D eigenvalue weighted by Gasteiger charge is -1.96. The summed E-state index contributed by atoms with van der Waals surface area (Å²) in [7, 11) is 0. The maximum atomic E-state index is 10.9. The summed E-state index contributed by atoms with van der Waals surface area (Å²) in [5.74, 6) is -0.304. The largest absolute Gasteiger partial charge is 0.365 e. The highest BCUT2D eigenvalue weighted by molar-refractivity contribution is 7.14. The lowest BCUT2D eigenvalue weighted by atomic mass is 10.1. The fourth-order valence-corrected chi connectivity index (χ4v) is 2.53. The van der Waals surface area contributed by atoms with Gasteiger partial charge in [0.25, 0.3) is 5.91 Å². The molecule has 2 N–H and O–H groups in total. The van der Waals surface area contributed by atoms with E-state index >= 15 is 0 Å². The van der Waals surface area contributed by atoms with Crippen LogP contribution in [0.2, 0.25) is 0 Å². The van der Waals surface area contributed by atoms with E-state index in [1.807, 2.05) is 6.07 Å². The van der Waals surface area contributed by atoms with Crippen LogP contribution in [0.4, 0.5) is 0 Å². The van der Waals surface area contributed by atoms with Gasteiger partial charge in [-0.3, -0.25) is 4.79 Å². The standard InChI is InChI=1S/C10H15NOS/c1-3-5-8-7(4-2)6-9(13-8)10(11)12/h6H,3-5H2,1-2H3,(H2,11,12). The first-order valence-electron chi connectivity index (χ1n) is 4.60. The predicted octanol–water partition coefficient (Wildman–Crippen LogP) is 2.36. The Bertz CT molecular complexity index is 304. The summed E-state index contributed by atoms with van der Waals surface area (Å²) in [5, 5.41) is 0. The Morgan fingerprint density at radius 1 is 1.54 bits per heavy atom. The zero-order valence-electron chi connectivity index (χ0n) is 8.09. The van der Waals surface area contributed by atoms with Crippen LogP contribution in [-0.4, -0.2) is 5.91 Å². The fourth-order valence-electron chi connectivity index (χ4n) is 1.33. The van der Waals surface area contributed by atoms with Crippen molar-refractivity contribution in [1.29, 1.82) is 0 Å². The number of carbonyl (C=O) groups is 1. The Hall–Kier alpha value is -0.830. The molecule has 0 spiro atoms. The van der Waals surface area contributed by atoms with Crippen LogP contribution in [-0.2, 0) is 12.8 Å². The van der Waals surface area contributed by atoms with Crippen molar-refractivity contribution in [3.8, 4) is 0 Å². The van der Waals surface area contributed by atoms with Gasteiger partial charge in [0.1, 0.15) is 0 Å². The molecule has 13 heavy (non-hydrogen) atoms. The van der Waals surface area contributed by atoms with E-state index < -0.39 is 0 Å². The molecule has 0 atom stereocenters. The van der Waals surface area contributed by atoms with E-state index in [2.05, 4.69) is 13.8 Å². The number of amides is 1. The van der Waals surface area contributed by atoms with Crippen LogP contribution in [0, 0.1) is 0 Å². The van der Waals surface area contributed by atoms with E-state index in [9.17, 15) is 4.79 Å². The minimum atomic E-state index is -0.304. The second-order valence-electron chi connectivity index (χ2n) is 3.03. The molecule has 1 rings (SSSR count). The summed E-state index contributed by atoms with van der Waals surface area (Å²) in [6, 6.07) is 1.93. The Balaban J connectivity index is 2.96. The monoisotopic (exact) mass is 197 g/mol. The van der Waals surface area contributed by atoms with Gasteiger partial charge in [0.05, 0.1) is 4.88 Å². The predicted molar refractivity (Wildman–Crippen MR) is 56.2 cm³/mol. The van der Waals surface area contributed by atoms with Gasteiger partial charge in [-0.2, -0.15) is 0 Å². The molecule has 0 fully saturated rings. The highest BCUT2D eigenvalue weighted by Crippen LogP contribution is 2.24. The number of hydrogen-bond acceptors (Lipinski definition) is 2. The van der Waals surface area contributed by atoms with Crippen molar-refractivity contribution in [2.75, 3.05) is 0 Å². The second-order valence-corrected chi connectivity index (χ2v) is 4.16. The topological polar surface area (TPSA) is 43.1 Å². The molecule has 0 aliphatic rings. The summed E-state index contributed by atoms with van der Waals surface area (Å²) >= 11 is 1.54. The summed E-state index contributed by atoms with van der Waals surface area (Å²) < 4.78 is 0. The molecule has 72 valence electrons. The number of hydrogen-bond donors (Lipinski definition) is 1. The Morgan fingerprint density at radius 2 is 2.23 bits per heavy atom. The number of thiophene rings is 1. The van der Waals surface area contributed by atoms with E-state index in [-0.39, 0.29) is 5.91 Å². The lowest BCUT2D eigenvalue weighted by molar-refractivity contribution is 0.100. The average molecular weight is 197 g/mol. The van der Waals surface area contributed by atoms with Crippen molar-refractivity contribution in [3.63, 3.8) is 0 Å². The molecule has 0 saturated carbocycles. The van der Waals surface area contributed by atoms with Crippen LogP contribution in [0.25, 0.3) is 0 Å². The third-order valence-corrected chi connectivity index (χ3v) is 3.25. The SMILES string of the molecule is CCCc1sc(C(N)=O)cc1CC. The Labute approximate surface area is 82.8 Å². The van der Waals surface area contributed by atoms with Crippen molar-refractivity contribution >= 4 is 17.2 Å². The number of nitrogens with two attached hydrogens (primary N) is 1. The van der Waals surface area contributed by atoms with Gasteiger partial charge in [0, 0.05) is 4.88 Å². The zero-order valence-corrected chi connectivity index (χ0v) is 8.91. The van der Waals surface area contributed by atoms with Crippen LogP contribution < -0.4 is 5.73 Å². The molecule has 1 aromatic heterocycles. The van der Waals surface area contributed by atoms with E-state index in [1.54, 1.807) is 11.3 Å². The molecular formula is C10H15NOS. The molecular weight excluding hydrogens is 182 g/mol. The highest BCUT2D eigenvalue weighted by Gasteiger charge is 2.09. The molecule has 3 heteroatoms. The van der Waals surface area contributed by atoms with Crippen LogP contribution in [0.5, 0.6) is 0 Å². The number of rotatable bonds is 4. The van der Waals surface area contributed by atoms with Crippen molar-refractivity contribution < 1.29 is 4.79 Å². The van der Waals surface area contributed by atoms with Gasteiger partial charge in [-0.1, -0.05) is 20.3 Å². The molecule has 0 unspecified atom stereocenters. The smallest absolute Gasteiger partial charge is 0.258 e. The van der Waals surface area contributed by atoms with E-state index in [4.69, 9.17) is 5.73 Å². The third-order valence-electron chi connectivity index (χ3n) is 2.00. The summed E-state index contributed by atoms with van der Waals surface area (Å²) in [4.78, 5) is 12.9. The molecule has 0 bridgehead atoms. The van der Waals surface area contributed by atoms with E-state index in [0.29, 0.717) is 4.88 Å².